The Morgan fingerprint density at radius 3 is 2.58 bits per heavy atom. The number of aliphatic carboxylic acids is 1. The molecule has 0 radical (unpaired) electrons. The molecule has 0 saturated carbocycles. The molecule has 66 valence electrons. The van der Waals surface area contributed by atoms with E-state index in [9.17, 15) is 9.59 Å². The molecular weight excluding hydrogens is 184 g/mol. The van der Waals surface area contributed by atoms with Crippen LogP contribution >= 0.6 is 11.6 Å². The van der Waals surface area contributed by atoms with Crippen LogP contribution in [0.2, 0.25) is 0 Å². The normalized spacial score (nSPS) is 22.8. The maximum absolute atomic E-state index is 10.9. The number of rotatable bonds is 2. The molecule has 5 heteroatoms. The van der Waals surface area contributed by atoms with Gasteiger partial charge in [0.1, 0.15) is 0 Å². The highest BCUT2D eigenvalue weighted by Crippen LogP contribution is 2.23. The zero-order valence-electron chi connectivity index (χ0n) is 6.33. The predicted molar refractivity (Wildman–Crippen MR) is 40.9 cm³/mol. The molecule has 4 nitrogen and oxygen atoms in total. The van der Waals surface area contributed by atoms with Crippen LogP contribution in [0.5, 0.6) is 0 Å². The Morgan fingerprint density at radius 1 is 1.75 bits per heavy atom. The molecule has 0 aliphatic carbocycles. The Balaban J connectivity index is 2.96. The van der Waals surface area contributed by atoms with E-state index in [1.54, 1.807) is 0 Å². The number of carboxylic acid groups (broad SMARTS) is 1. The summed E-state index contributed by atoms with van der Waals surface area (Å²) in [5.74, 6) is -1.80. The zero-order chi connectivity index (χ0) is 9.30. The number of cyclic esters (lactones) is 1. The number of ether oxygens (including phenoxy) is 1. The fraction of sp³-hybridized carbons (Fsp3) is 0.429. The van der Waals surface area contributed by atoms with Crippen LogP contribution in [0.1, 0.15) is 6.92 Å². The number of carbonyl (C=O) groups excluding carboxylic acids is 1. The van der Waals surface area contributed by atoms with Gasteiger partial charge in [0.05, 0.1) is 11.5 Å². The lowest BCUT2D eigenvalue weighted by atomic mass is 10.1. The molecule has 0 spiro atoms. The first-order valence-corrected chi connectivity index (χ1v) is 3.80. The van der Waals surface area contributed by atoms with Crippen molar-refractivity contribution in [3.8, 4) is 0 Å². The maximum atomic E-state index is 10.9. The van der Waals surface area contributed by atoms with Crippen LogP contribution in [-0.4, -0.2) is 29.0 Å². The van der Waals surface area contributed by atoms with Crippen molar-refractivity contribution in [2.75, 3.05) is 5.88 Å². The number of hydrogen-bond donors (Lipinski definition) is 1. The second kappa shape index (κ2) is 3.15. The fourth-order valence-corrected chi connectivity index (χ4v) is 1.30. The summed E-state index contributed by atoms with van der Waals surface area (Å²) in [6.07, 6.45) is -1.15. The van der Waals surface area contributed by atoms with Crippen molar-refractivity contribution in [3.05, 3.63) is 11.1 Å². The number of esters is 1. The van der Waals surface area contributed by atoms with Gasteiger partial charge in [0.2, 0.25) is 6.10 Å². The second-order valence-corrected chi connectivity index (χ2v) is 2.69. The molecule has 0 bridgehead atoms. The van der Waals surface area contributed by atoms with Crippen molar-refractivity contribution in [2.45, 2.75) is 13.0 Å². The third kappa shape index (κ3) is 1.30. The van der Waals surface area contributed by atoms with Crippen LogP contribution in [0.15, 0.2) is 11.1 Å². The van der Waals surface area contributed by atoms with Crippen molar-refractivity contribution in [2.24, 2.45) is 0 Å². The summed E-state index contributed by atoms with van der Waals surface area (Å²) in [6.45, 7) is 1.53. The van der Waals surface area contributed by atoms with E-state index in [2.05, 4.69) is 4.74 Å². The van der Waals surface area contributed by atoms with Crippen LogP contribution in [0, 0.1) is 0 Å². The van der Waals surface area contributed by atoms with Crippen LogP contribution in [0.3, 0.4) is 0 Å². The average Bonchev–Trinajstić information content (AvgIpc) is 2.27. The van der Waals surface area contributed by atoms with Crippen molar-refractivity contribution in [3.63, 3.8) is 0 Å². The highest BCUT2D eigenvalue weighted by molar-refractivity contribution is 6.23. The average molecular weight is 191 g/mol. The first kappa shape index (κ1) is 9.06. The van der Waals surface area contributed by atoms with Crippen molar-refractivity contribution >= 4 is 23.5 Å². The van der Waals surface area contributed by atoms with Gasteiger partial charge in [-0.05, 0) is 12.5 Å². The lowest BCUT2D eigenvalue weighted by Crippen LogP contribution is -2.21. The molecule has 0 aromatic heterocycles. The molecule has 1 N–H and O–H groups in total. The zero-order valence-corrected chi connectivity index (χ0v) is 7.09. The quantitative estimate of drug-likeness (QED) is 0.510. The third-order valence-corrected chi connectivity index (χ3v) is 1.97. The third-order valence-electron chi connectivity index (χ3n) is 1.70. The van der Waals surface area contributed by atoms with Gasteiger partial charge in [-0.2, -0.15) is 0 Å². The van der Waals surface area contributed by atoms with Crippen molar-refractivity contribution in [1.29, 1.82) is 0 Å². The van der Waals surface area contributed by atoms with Gasteiger partial charge in [-0.15, -0.1) is 11.6 Å². The Labute approximate surface area is 73.8 Å². The van der Waals surface area contributed by atoms with Gasteiger partial charge in [-0.1, -0.05) is 0 Å². The number of hydrogen-bond acceptors (Lipinski definition) is 3. The Kier molecular flexibility index (Phi) is 2.38. The number of carboxylic acids is 1. The van der Waals surface area contributed by atoms with E-state index >= 15 is 0 Å². The van der Waals surface area contributed by atoms with Crippen molar-refractivity contribution in [1.82, 2.24) is 0 Å². The highest BCUT2D eigenvalue weighted by Gasteiger charge is 2.35. The van der Waals surface area contributed by atoms with E-state index in [1.165, 1.54) is 6.92 Å². The molecule has 0 saturated heterocycles. The number of halogens is 1. The summed E-state index contributed by atoms with van der Waals surface area (Å²) >= 11 is 5.42. The van der Waals surface area contributed by atoms with Gasteiger partial charge in [0.25, 0.3) is 0 Å². The van der Waals surface area contributed by atoms with Crippen LogP contribution in [-0.2, 0) is 14.3 Å². The molecule has 0 aromatic rings. The summed E-state index contributed by atoms with van der Waals surface area (Å²) in [7, 11) is 0. The minimum Gasteiger partial charge on any atom is -0.478 e. The summed E-state index contributed by atoms with van der Waals surface area (Å²) in [5.41, 5.74) is 0.645. The lowest BCUT2D eigenvalue weighted by molar-refractivity contribution is -0.155. The summed E-state index contributed by atoms with van der Waals surface area (Å²) < 4.78 is 4.54. The van der Waals surface area contributed by atoms with E-state index in [0.717, 1.165) is 0 Å². The van der Waals surface area contributed by atoms with E-state index in [4.69, 9.17) is 16.7 Å². The number of carbonyl (C=O) groups is 2. The Bertz CT molecular complexity index is 269. The van der Waals surface area contributed by atoms with Gasteiger partial charge in [0.15, 0.2) is 0 Å². The molecule has 1 unspecified atom stereocenters. The molecule has 12 heavy (non-hydrogen) atoms. The molecule has 1 atom stereocenters. The van der Waals surface area contributed by atoms with E-state index < -0.39 is 18.0 Å². The van der Waals surface area contributed by atoms with Crippen LogP contribution in [0.4, 0.5) is 0 Å². The first-order valence-electron chi connectivity index (χ1n) is 3.27. The maximum Gasteiger partial charge on any atom is 0.349 e. The van der Waals surface area contributed by atoms with E-state index in [0.29, 0.717) is 5.57 Å². The Morgan fingerprint density at radius 2 is 2.33 bits per heavy atom. The smallest absolute Gasteiger partial charge is 0.349 e. The molecule has 0 fully saturated rings. The molecule has 0 amide bonds. The molecular formula is C7H7ClO4. The van der Waals surface area contributed by atoms with Gasteiger partial charge in [-0.3, -0.25) is 0 Å². The predicted octanol–water partition coefficient (Wildman–Crippen LogP) is 0.552. The molecule has 0 aromatic carbocycles. The van der Waals surface area contributed by atoms with Crippen molar-refractivity contribution < 1.29 is 19.4 Å². The highest BCUT2D eigenvalue weighted by atomic mass is 35.5. The lowest BCUT2D eigenvalue weighted by Gasteiger charge is -2.03. The van der Waals surface area contributed by atoms with Crippen LogP contribution in [0.25, 0.3) is 0 Å². The summed E-state index contributed by atoms with van der Waals surface area (Å²) in [5, 5.41) is 8.56. The molecule has 1 aliphatic rings. The Hall–Kier alpha value is -1.03. The minimum absolute atomic E-state index is 0.00551. The van der Waals surface area contributed by atoms with Gasteiger partial charge in [0, 0.05) is 0 Å². The molecule has 1 aliphatic heterocycles. The van der Waals surface area contributed by atoms with E-state index in [-0.39, 0.29) is 11.5 Å². The number of alkyl halides is 1. The van der Waals surface area contributed by atoms with Crippen LogP contribution < -0.4 is 0 Å². The molecule has 1 heterocycles. The topological polar surface area (TPSA) is 63.6 Å². The van der Waals surface area contributed by atoms with E-state index in [1.807, 2.05) is 0 Å². The SMILES string of the molecule is CC1=C(CCl)C(=O)OC1C(=O)O. The van der Waals surface area contributed by atoms with Gasteiger partial charge >= 0.3 is 11.9 Å². The standard InChI is InChI=1S/C7H7ClO4/c1-3-4(2-8)7(11)12-5(3)6(9)10/h5H,2H2,1H3,(H,9,10). The summed E-state index contributed by atoms with van der Waals surface area (Å²) in [6, 6.07) is 0. The fourth-order valence-electron chi connectivity index (χ4n) is 0.981. The first-order chi connectivity index (χ1) is 5.57. The van der Waals surface area contributed by atoms with Gasteiger partial charge in [-0.25, -0.2) is 9.59 Å². The second-order valence-electron chi connectivity index (χ2n) is 2.42. The van der Waals surface area contributed by atoms with Gasteiger partial charge < -0.3 is 9.84 Å². The minimum atomic E-state index is -1.17. The largest absolute Gasteiger partial charge is 0.478 e. The molecule has 1 rings (SSSR count). The monoisotopic (exact) mass is 190 g/mol. The summed E-state index contributed by atoms with van der Waals surface area (Å²) in [4.78, 5) is 21.4.